The number of benzene rings is 2. The third-order valence-corrected chi connectivity index (χ3v) is 8.57. The lowest BCUT2D eigenvalue weighted by Gasteiger charge is -2.28. The van der Waals surface area contributed by atoms with Crippen LogP contribution < -0.4 is 15.0 Å². The quantitative estimate of drug-likeness (QED) is 0.358. The van der Waals surface area contributed by atoms with Gasteiger partial charge in [0.2, 0.25) is 0 Å². The van der Waals surface area contributed by atoms with Crippen molar-refractivity contribution in [2.45, 2.75) is 6.92 Å². The van der Waals surface area contributed by atoms with E-state index in [1.54, 1.807) is 7.05 Å². The molecule has 0 saturated carbocycles. The molecule has 2 N–H and O–H groups in total. The van der Waals surface area contributed by atoms with E-state index in [-0.39, 0.29) is 5.91 Å². The number of hydrogen-bond acceptors (Lipinski definition) is 7. The van der Waals surface area contributed by atoms with Gasteiger partial charge in [-0.25, -0.2) is 4.98 Å². The van der Waals surface area contributed by atoms with Crippen LogP contribution in [0, 0.1) is 6.92 Å². The number of fused-ring (bicyclic) bond motifs is 3. The van der Waals surface area contributed by atoms with E-state index in [2.05, 4.69) is 51.3 Å². The first kappa shape index (κ1) is 26.0. The Labute approximate surface area is 233 Å². The number of hydrogen-bond donors (Lipinski definition) is 2. The highest BCUT2D eigenvalue weighted by Crippen LogP contribution is 2.33. The number of H-pyrrole nitrogens is 1. The average Bonchev–Trinajstić information content (AvgIpc) is 3.36. The number of pyridine rings is 1. The standard InChI is InChI=1S/C30H35N5O3S/c1-20-17-21(3-6-27(20)38-14-7-34-10-15-39-16-11-34)25-19-24(30(36)31-2)29-28(32-25)23-5-4-22(18-26(23)33-29)35-8-12-37-13-9-35/h3-6,17-19,33H,7-16H2,1-2H3,(H,31,36). The predicted octanol–water partition coefficient (Wildman–Crippen LogP) is 4.32. The highest BCUT2D eigenvalue weighted by molar-refractivity contribution is 7.99. The summed E-state index contributed by atoms with van der Waals surface area (Å²) in [4.78, 5) is 26.3. The number of rotatable bonds is 7. The summed E-state index contributed by atoms with van der Waals surface area (Å²) in [5, 5.41) is 3.80. The first-order valence-corrected chi connectivity index (χ1v) is 14.8. The number of aromatic amines is 1. The normalized spacial score (nSPS) is 16.6. The molecule has 0 bridgehead atoms. The lowest BCUT2D eigenvalue weighted by atomic mass is 10.0. The van der Waals surface area contributed by atoms with Crippen molar-refractivity contribution in [3.8, 4) is 17.0 Å². The predicted molar refractivity (Wildman–Crippen MR) is 159 cm³/mol. The fourth-order valence-corrected chi connectivity index (χ4v) is 6.38. The lowest BCUT2D eigenvalue weighted by molar-refractivity contribution is 0.0964. The molecule has 0 unspecified atom stereocenters. The minimum atomic E-state index is -0.142. The van der Waals surface area contributed by atoms with E-state index in [9.17, 15) is 4.79 Å². The monoisotopic (exact) mass is 545 g/mol. The summed E-state index contributed by atoms with van der Waals surface area (Å²) in [6, 6.07) is 14.4. The molecular weight excluding hydrogens is 510 g/mol. The molecule has 2 fully saturated rings. The van der Waals surface area contributed by atoms with Gasteiger partial charge in [0.25, 0.3) is 5.91 Å². The van der Waals surface area contributed by atoms with Crippen molar-refractivity contribution in [3.63, 3.8) is 0 Å². The number of ether oxygens (including phenoxy) is 2. The van der Waals surface area contributed by atoms with Gasteiger partial charge in [-0.2, -0.15) is 11.8 Å². The van der Waals surface area contributed by atoms with E-state index in [1.165, 1.54) is 11.5 Å². The van der Waals surface area contributed by atoms with Crippen molar-refractivity contribution in [2.75, 3.05) is 76.0 Å². The molecule has 2 aliphatic heterocycles. The molecule has 2 aromatic carbocycles. The first-order valence-electron chi connectivity index (χ1n) is 13.7. The third kappa shape index (κ3) is 5.44. The van der Waals surface area contributed by atoms with Gasteiger partial charge < -0.3 is 24.7 Å². The van der Waals surface area contributed by atoms with E-state index in [0.717, 1.165) is 96.1 Å². The summed E-state index contributed by atoms with van der Waals surface area (Å²) in [5.74, 6) is 3.15. The summed E-state index contributed by atoms with van der Waals surface area (Å²) >= 11 is 2.02. The number of carbonyl (C=O) groups excluding carboxylic acids is 1. The summed E-state index contributed by atoms with van der Waals surface area (Å²) in [5.41, 5.74) is 7.02. The highest BCUT2D eigenvalue weighted by atomic mass is 32.2. The van der Waals surface area contributed by atoms with E-state index in [4.69, 9.17) is 14.5 Å². The highest BCUT2D eigenvalue weighted by Gasteiger charge is 2.19. The summed E-state index contributed by atoms with van der Waals surface area (Å²) in [6.45, 7) is 9.16. The van der Waals surface area contributed by atoms with Gasteiger partial charge in [0.15, 0.2) is 0 Å². The molecule has 2 aliphatic rings. The summed E-state index contributed by atoms with van der Waals surface area (Å²) < 4.78 is 11.6. The van der Waals surface area contributed by atoms with Gasteiger partial charge in [-0.1, -0.05) is 0 Å². The molecule has 8 nitrogen and oxygen atoms in total. The topological polar surface area (TPSA) is 82.7 Å². The molecular formula is C30H35N5O3S. The van der Waals surface area contributed by atoms with Gasteiger partial charge >= 0.3 is 0 Å². The lowest BCUT2D eigenvalue weighted by Crippen LogP contribution is -2.36. The molecule has 204 valence electrons. The van der Waals surface area contributed by atoms with Gasteiger partial charge in [0.05, 0.1) is 41.0 Å². The van der Waals surface area contributed by atoms with Crippen LogP contribution in [0.1, 0.15) is 15.9 Å². The van der Waals surface area contributed by atoms with Crippen LogP contribution in [0.2, 0.25) is 0 Å². The second kappa shape index (κ2) is 11.5. The smallest absolute Gasteiger partial charge is 0.253 e. The minimum absolute atomic E-state index is 0.142. The molecule has 39 heavy (non-hydrogen) atoms. The minimum Gasteiger partial charge on any atom is -0.492 e. The van der Waals surface area contributed by atoms with E-state index < -0.39 is 0 Å². The van der Waals surface area contributed by atoms with Crippen molar-refractivity contribution in [2.24, 2.45) is 0 Å². The van der Waals surface area contributed by atoms with Gasteiger partial charge in [0, 0.05) is 67.9 Å². The molecule has 0 radical (unpaired) electrons. The van der Waals surface area contributed by atoms with Gasteiger partial charge in [0.1, 0.15) is 12.4 Å². The van der Waals surface area contributed by atoms with Crippen molar-refractivity contribution in [1.29, 1.82) is 0 Å². The van der Waals surface area contributed by atoms with Crippen LogP contribution in [0.15, 0.2) is 42.5 Å². The Bertz CT molecular complexity index is 1490. The van der Waals surface area contributed by atoms with Gasteiger partial charge in [-0.15, -0.1) is 0 Å². The first-order chi connectivity index (χ1) is 19.1. The Morgan fingerprint density at radius 1 is 1.10 bits per heavy atom. The molecule has 0 spiro atoms. The molecule has 0 atom stereocenters. The fraction of sp³-hybridized carbons (Fsp3) is 0.400. The maximum Gasteiger partial charge on any atom is 0.253 e. The number of nitrogens with zero attached hydrogens (tertiary/aromatic N) is 3. The maximum atomic E-state index is 13.0. The van der Waals surface area contributed by atoms with Crippen LogP contribution in [-0.2, 0) is 4.74 Å². The van der Waals surface area contributed by atoms with E-state index >= 15 is 0 Å². The second-order valence-electron chi connectivity index (χ2n) is 10.1. The molecule has 4 heterocycles. The number of anilines is 1. The Balaban J connectivity index is 1.31. The Hall–Kier alpha value is -3.27. The summed E-state index contributed by atoms with van der Waals surface area (Å²) in [7, 11) is 1.66. The zero-order valence-corrected chi connectivity index (χ0v) is 23.4. The molecule has 0 aliphatic carbocycles. The Kier molecular flexibility index (Phi) is 7.63. The van der Waals surface area contributed by atoms with Crippen LogP contribution in [0.4, 0.5) is 5.69 Å². The van der Waals surface area contributed by atoms with Crippen LogP contribution in [0.3, 0.4) is 0 Å². The van der Waals surface area contributed by atoms with Gasteiger partial charge in [-0.3, -0.25) is 9.69 Å². The molecule has 2 saturated heterocycles. The Morgan fingerprint density at radius 3 is 2.69 bits per heavy atom. The number of thioether (sulfide) groups is 1. The van der Waals surface area contributed by atoms with Crippen molar-refractivity contribution < 1.29 is 14.3 Å². The fourth-order valence-electron chi connectivity index (χ4n) is 5.40. The number of aryl methyl sites for hydroxylation is 1. The third-order valence-electron chi connectivity index (χ3n) is 7.62. The van der Waals surface area contributed by atoms with Crippen LogP contribution in [0.25, 0.3) is 33.2 Å². The maximum absolute atomic E-state index is 13.0. The van der Waals surface area contributed by atoms with Crippen LogP contribution in [0.5, 0.6) is 5.75 Å². The number of carbonyl (C=O) groups is 1. The van der Waals surface area contributed by atoms with Crippen molar-refractivity contribution >= 4 is 45.3 Å². The number of nitrogens with one attached hydrogen (secondary N) is 2. The number of amides is 1. The second-order valence-corrected chi connectivity index (χ2v) is 11.3. The Morgan fingerprint density at radius 2 is 1.92 bits per heavy atom. The van der Waals surface area contributed by atoms with Gasteiger partial charge in [-0.05, 0) is 55.0 Å². The zero-order valence-electron chi connectivity index (χ0n) is 22.6. The largest absolute Gasteiger partial charge is 0.492 e. The molecule has 2 aromatic heterocycles. The van der Waals surface area contributed by atoms with E-state index in [1.807, 2.05) is 30.0 Å². The average molecular weight is 546 g/mol. The molecule has 4 aromatic rings. The van der Waals surface area contributed by atoms with Crippen molar-refractivity contribution in [3.05, 3.63) is 53.6 Å². The summed E-state index contributed by atoms with van der Waals surface area (Å²) in [6.07, 6.45) is 0. The SMILES string of the molecule is CNC(=O)c1cc(-c2ccc(OCCN3CCSCC3)c(C)c2)nc2c1[nH]c1cc(N3CCOCC3)ccc12. The van der Waals surface area contributed by atoms with Crippen molar-refractivity contribution in [1.82, 2.24) is 20.2 Å². The number of aromatic nitrogens is 2. The molecule has 9 heteroatoms. The molecule has 6 rings (SSSR count). The number of morpholine rings is 1. The molecule has 1 amide bonds. The van der Waals surface area contributed by atoms with E-state index in [0.29, 0.717) is 12.2 Å². The van der Waals surface area contributed by atoms with Crippen LogP contribution in [-0.4, -0.2) is 91.9 Å². The van der Waals surface area contributed by atoms with Crippen LogP contribution >= 0.6 is 11.8 Å². The zero-order chi connectivity index (χ0) is 26.8.